The van der Waals surface area contributed by atoms with Gasteiger partial charge in [-0.1, -0.05) is 24.6 Å². The molecule has 2 aliphatic heterocycles. The van der Waals surface area contributed by atoms with Gasteiger partial charge in [0.25, 0.3) is 0 Å². The molecule has 5 heteroatoms. The molecule has 4 atom stereocenters. The van der Waals surface area contributed by atoms with Crippen LogP contribution >= 0.6 is 0 Å². The zero-order chi connectivity index (χ0) is 15.5. The molecule has 1 amide bonds. The number of nitrogens with zero attached hydrogens (tertiary/aromatic N) is 1. The fourth-order valence-corrected chi connectivity index (χ4v) is 4.70. The van der Waals surface area contributed by atoms with E-state index in [-0.39, 0.29) is 17.7 Å². The summed E-state index contributed by atoms with van der Waals surface area (Å²) in [4.78, 5) is 26.1. The van der Waals surface area contributed by atoms with Crippen LogP contribution in [0.3, 0.4) is 0 Å². The van der Waals surface area contributed by atoms with Crippen LogP contribution in [0.2, 0.25) is 0 Å². The summed E-state index contributed by atoms with van der Waals surface area (Å²) in [6, 6.07) is 7.58. The molecule has 1 aromatic rings. The first-order valence-corrected chi connectivity index (χ1v) is 7.85. The Kier molecular flexibility index (Phi) is 2.77. The summed E-state index contributed by atoms with van der Waals surface area (Å²) in [5.41, 5.74) is 0.208. The number of fused-ring (bicyclic) bond motifs is 2. The molecular weight excluding hydrogens is 282 g/mol. The number of carboxylic acids is 1. The molecule has 0 spiro atoms. The van der Waals surface area contributed by atoms with Crippen LogP contribution in [-0.4, -0.2) is 34.7 Å². The van der Waals surface area contributed by atoms with Crippen molar-refractivity contribution in [2.75, 3.05) is 7.05 Å². The van der Waals surface area contributed by atoms with Crippen molar-refractivity contribution in [3.05, 3.63) is 29.8 Å². The molecule has 1 N–H and O–H groups in total. The topological polar surface area (TPSA) is 66.8 Å². The van der Waals surface area contributed by atoms with Crippen molar-refractivity contribution < 1.29 is 19.4 Å². The lowest BCUT2D eigenvalue weighted by molar-refractivity contribution is -0.204. The summed E-state index contributed by atoms with van der Waals surface area (Å²) in [5.74, 6) is -1.86. The summed E-state index contributed by atoms with van der Waals surface area (Å²) in [7, 11) is 1.70. The van der Waals surface area contributed by atoms with E-state index in [2.05, 4.69) is 0 Å². The van der Waals surface area contributed by atoms with Crippen molar-refractivity contribution in [1.29, 1.82) is 0 Å². The summed E-state index contributed by atoms with van der Waals surface area (Å²) >= 11 is 0. The number of ether oxygens (including phenoxy) is 1. The molecule has 0 radical (unpaired) electrons. The maximum absolute atomic E-state index is 12.7. The molecule has 1 saturated heterocycles. The van der Waals surface area contributed by atoms with E-state index in [1.165, 1.54) is 0 Å². The second-order valence-corrected chi connectivity index (χ2v) is 6.58. The van der Waals surface area contributed by atoms with Crippen molar-refractivity contribution in [3.63, 3.8) is 0 Å². The van der Waals surface area contributed by atoms with E-state index in [1.807, 2.05) is 24.3 Å². The summed E-state index contributed by atoms with van der Waals surface area (Å²) in [5, 5.41) is 9.66. The lowest BCUT2D eigenvalue weighted by Gasteiger charge is -2.59. The zero-order valence-corrected chi connectivity index (χ0v) is 12.5. The van der Waals surface area contributed by atoms with Crippen LogP contribution in [0, 0.1) is 11.8 Å². The third-order valence-electron chi connectivity index (χ3n) is 5.67. The Bertz CT molecular complexity index is 658. The Hall–Kier alpha value is -2.04. The number of carboxylic acid groups (broad SMARTS) is 1. The predicted octanol–water partition coefficient (Wildman–Crippen LogP) is 2.22. The zero-order valence-electron chi connectivity index (χ0n) is 12.5. The smallest absolute Gasteiger partial charge is 0.316 e. The fraction of sp³-hybridized carbons (Fsp3) is 0.529. The predicted molar refractivity (Wildman–Crippen MR) is 78.4 cm³/mol. The number of amides is 1. The lowest BCUT2D eigenvalue weighted by Crippen LogP contribution is -2.69. The highest BCUT2D eigenvalue weighted by molar-refractivity contribution is 5.99. The van der Waals surface area contributed by atoms with Gasteiger partial charge in [-0.15, -0.1) is 0 Å². The van der Waals surface area contributed by atoms with Gasteiger partial charge in [0.1, 0.15) is 11.7 Å². The Morgan fingerprint density at radius 3 is 2.91 bits per heavy atom. The van der Waals surface area contributed by atoms with Crippen LogP contribution < -0.4 is 4.74 Å². The van der Waals surface area contributed by atoms with Gasteiger partial charge in [-0.05, 0) is 24.5 Å². The molecule has 0 aromatic heterocycles. The normalized spacial score (nSPS) is 36.1. The molecule has 2 heterocycles. The van der Waals surface area contributed by atoms with Crippen LogP contribution in [0.4, 0.5) is 0 Å². The van der Waals surface area contributed by atoms with Gasteiger partial charge in [0.05, 0.1) is 0 Å². The first-order chi connectivity index (χ1) is 10.6. The van der Waals surface area contributed by atoms with Crippen molar-refractivity contribution in [2.45, 2.75) is 37.3 Å². The molecule has 5 nitrogen and oxygen atoms in total. The van der Waals surface area contributed by atoms with Crippen molar-refractivity contribution >= 4 is 11.9 Å². The van der Waals surface area contributed by atoms with E-state index in [1.54, 1.807) is 11.9 Å². The molecule has 1 saturated carbocycles. The number of para-hydroxylation sites is 1. The molecule has 116 valence electrons. The highest BCUT2D eigenvalue weighted by Crippen LogP contribution is 2.58. The largest absolute Gasteiger partial charge is 0.481 e. The minimum Gasteiger partial charge on any atom is -0.481 e. The quantitative estimate of drug-likeness (QED) is 0.808. The first kappa shape index (κ1) is 13.6. The van der Waals surface area contributed by atoms with Gasteiger partial charge in [-0.25, -0.2) is 0 Å². The Balaban J connectivity index is 1.96. The summed E-state index contributed by atoms with van der Waals surface area (Å²) in [6.45, 7) is 0. The number of hydrogen-bond acceptors (Lipinski definition) is 3. The number of likely N-dealkylation sites (tertiary alicyclic amines) is 1. The third kappa shape index (κ3) is 1.54. The standard InChI is InChI=1S/C17H19NO4/c1-18-15(19)14(16(20)21)13-10-6-2-3-8-12(10)22-17(18)9-5-4-7-11(13)17/h2-3,6,8,11,13-14H,4-5,7,9H2,1H3,(H,20,21)/t11-,13-,14-,17+/m0/s1. The fourth-order valence-electron chi connectivity index (χ4n) is 4.70. The minimum absolute atomic E-state index is 0.0555. The number of piperidine rings is 1. The van der Waals surface area contributed by atoms with Crippen LogP contribution in [0.25, 0.3) is 0 Å². The SMILES string of the molecule is CN1C(=O)[C@@H](C(=O)O)[C@H]2c3ccccc3O[C@@]13CCCC[C@@H]23. The third-order valence-corrected chi connectivity index (χ3v) is 5.67. The van der Waals surface area contributed by atoms with Gasteiger partial charge in [-0.3, -0.25) is 9.59 Å². The molecule has 0 unspecified atom stereocenters. The van der Waals surface area contributed by atoms with E-state index in [0.29, 0.717) is 0 Å². The molecule has 4 rings (SSSR count). The van der Waals surface area contributed by atoms with E-state index in [9.17, 15) is 14.7 Å². The summed E-state index contributed by atoms with van der Waals surface area (Å²) < 4.78 is 6.32. The molecular formula is C17H19NO4. The number of rotatable bonds is 1. The monoisotopic (exact) mass is 301 g/mol. The van der Waals surface area contributed by atoms with E-state index >= 15 is 0 Å². The lowest BCUT2D eigenvalue weighted by atomic mass is 9.61. The Morgan fingerprint density at radius 1 is 1.36 bits per heavy atom. The average molecular weight is 301 g/mol. The van der Waals surface area contributed by atoms with Crippen molar-refractivity contribution in [2.24, 2.45) is 11.8 Å². The van der Waals surface area contributed by atoms with Gasteiger partial charge in [-0.2, -0.15) is 0 Å². The molecule has 22 heavy (non-hydrogen) atoms. The molecule has 1 aromatic carbocycles. The summed E-state index contributed by atoms with van der Waals surface area (Å²) in [6.07, 6.45) is 3.74. The second kappa shape index (κ2) is 4.48. The van der Waals surface area contributed by atoms with Gasteiger partial charge in [0.15, 0.2) is 5.72 Å². The Labute approximate surface area is 128 Å². The minimum atomic E-state index is -1.03. The van der Waals surface area contributed by atoms with Crippen molar-refractivity contribution in [1.82, 2.24) is 4.90 Å². The molecule has 2 bridgehead atoms. The number of aliphatic carboxylic acids is 1. The van der Waals surface area contributed by atoms with E-state index in [0.717, 1.165) is 37.0 Å². The maximum Gasteiger partial charge on any atom is 0.316 e. The number of hydrogen-bond donors (Lipinski definition) is 1. The van der Waals surface area contributed by atoms with Crippen LogP contribution in [0.15, 0.2) is 24.3 Å². The highest BCUT2D eigenvalue weighted by atomic mass is 16.5. The van der Waals surface area contributed by atoms with E-state index < -0.39 is 17.6 Å². The highest BCUT2D eigenvalue weighted by Gasteiger charge is 2.63. The maximum atomic E-state index is 12.7. The van der Waals surface area contributed by atoms with Crippen LogP contribution in [0.5, 0.6) is 5.75 Å². The van der Waals surface area contributed by atoms with E-state index in [4.69, 9.17) is 4.74 Å². The van der Waals surface area contributed by atoms with Gasteiger partial charge >= 0.3 is 5.97 Å². The van der Waals surface area contributed by atoms with Crippen molar-refractivity contribution in [3.8, 4) is 5.75 Å². The molecule has 3 aliphatic rings. The number of benzene rings is 1. The van der Waals surface area contributed by atoms with Gasteiger partial charge < -0.3 is 14.7 Å². The first-order valence-electron chi connectivity index (χ1n) is 7.85. The van der Waals surface area contributed by atoms with Gasteiger partial charge in [0.2, 0.25) is 5.91 Å². The van der Waals surface area contributed by atoms with Crippen LogP contribution in [-0.2, 0) is 9.59 Å². The average Bonchev–Trinajstić information content (AvgIpc) is 2.52. The Morgan fingerprint density at radius 2 is 2.14 bits per heavy atom. The second-order valence-electron chi connectivity index (χ2n) is 6.58. The molecule has 1 aliphatic carbocycles. The number of carbonyl (C=O) groups excluding carboxylic acids is 1. The van der Waals surface area contributed by atoms with Gasteiger partial charge in [0, 0.05) is 25.3 Å². The number of carbonyl (C=O) groups is 2. The van der Waals surface area contributed by atoms with Crippen LogP contribution in [0.1, 0.15) is 37.2 Å². The molecule has 2 fully saturated rings.